The van der Waals surface area contributed by atoms with Crippen LogP contribution < -0.4 is 11.1 Å². The van der Waals surface area contributed by atoms with Crippen LogP contribution in [0.25, 0.3) is 10.9 Å². The Labute approximate surface area is 137 Å². The number of nitrogen functional groups attached to an aromatic ring is 1. The van der Waals surface area contributed by atoms with E-state index in [4.69, 9.17) is 5.73 Å². The monoisotopic (exact) mass is 409 g/mol. The van der Waals surface area contributed by atoms with E-state index in [1.165, 1.54) is 6.07 Å². The first kappa shape index (κ1) is 14.3. The van der Waals surface area contributed by atoms with Crippen LogP contribution in [0.5, 0.6) is 0 Å². The van der Waals surface area contributed by atoms with E-state index in [0.717, 1.165) is 14.6 Å². The molecule has 2 aromatic carbocycles. The van der Waals surface area contributed by atoms with Crippen LogP contribution in [-0.2, 0) is 0 Å². The molecular weight excluding hydrogens is 401 g/mol. The number of halogens is 3. The number of benzene rings is 2. The molecule has 3 rings (SSSR count). The third-order valence-electron chi connectivity index (χ3n) is 3.06. The van der Waals surface area contributed by atoms with Crippen molar-refractivity contribution in [1.29, 1.82) is 0 Å². The lowest BCUT2D eigenvalue weighted by atomic mass is 10.1. The maximum atomic E-state index is 14.3. The van der Waals surface area contributed by atoms with Gasteiger partial charge in [-0.1, -0.05) is 15.9 Å². The Morgan fingerprint density at radius 2 is 1.95 bits per heavy atom. The third-order valence-corrected chi connectivity index (χ3v) is 4.25. The maximum absolute atomic E-state index is 14.3. The van der Waals surface area contributed by atoms with Gasteiger partial charge in [-0.3, -0.25) is 4.98 Å². The Kier molecular flexibility index (Phi) is 3.82. The van der Waals surface area contributed by atoms with Crippen molar-refractivity contribution in [1.82, 2.24) is 4.98 Å². The van der Waals surface area contributed by atoms with Gasteiger partial charge in [0.15, 0.2) is 5.82 Å². The van der Waals surface area contributed by atoms with E-state index in [2.05, 4.69) is 42.2 Å². The number of hydrogen-bond donors (Lipinski definition) is 2. The van der Waals surface area contributed by atoms with Gasteiger partial charge in [-0.25, -0.2) is 4.39 Å². The van der Waals surface area contributed by atoms with Crippen molar-refractivity contribution in [3.8, 4) is 0 Å². The summed E-state index contributed by atoms with van der Waals surface area (Å²) in [6.07, 6.45) is 1.61. The summed E-state index contributed by atoms with van der Waals surface area (Å²) in [5.74, 6) is -0.439. The number of pyridine rings is 1. The van der Waals surface area contributed by atoms with E-state index in [1.54, 1.807) is 12.3 Å². The molecule has 6 heteroatoms. The standard InChI is InChI=1S/C15H10Br2FN3/c16-8-3-4-10(17)13(6-8)21-15-11(18)7-12(19)9-2-1-5-20-14(9)15/h1-7,21H,19H2. The average Bonchev–Trinajstić information content (AvgIpc) is 2.47. The van der Waals surface area contributed by atoms with Crippen LogP contribution in [0.1, 0.15) is 0 Å². The highest BCUT2D eigenvalue weighted by Gasteiger charge is 2.13. The van der Waals surface area contributed by atoms with E-state index >= 15 is 0 Å². The van der Waals surface area contributed by atoms with Gasteiger partial charge in [0.2, 0.25) is 0 Å². The largest absolute Gasteiger partial charge is 0.398 e. The van der Waals surface area contributed by atoms with Crippen LogP contribution in [-0.4, -0.2) is 4.98 Å². The smallest absolute Gasteiger partial charge is 0.150 e. The van der Waals surface area contributed by atoms with Crippen molar-refractivity contribution in [3.63, 3.8) is 0 Å². The zero-order chi connectivity index (χ0) is 15.0. The molecule has 106 valence electrons. The molecular formula is C15H10Br2FN3. The third kappa shape index (κ3) is 2.73. The van der Waals surface area contributed by atoms with Crippen molar-refractivity contribution in [2.75, 3.05) is 11.1 Å². The van der Waals surface area contributed by atoms with Gasteiger partial charge in [0.1, 0.15) is 5.69 Å². The molecule has 0 aliphatic rings. The summed E-state index contributed by atoms with van der Waals surface area (Å²) in [6, 6.07) is 10.5. The van der Waals surface area contributed by atoms with Crippen LogP contribution >= 0.6 is 31.9 Å². The van der Waals surface area contributed by atoms with Gasteiger partial charge in [0.05, 0.1) is 11.2 Å². The summed E-state index contributed by atoms with van der Waals surface area (Å²) < 4.78 is 16.0. The zero-order valence-electron chi connectivity index (χ0n) is 10.7. The van der Waals surface area contributed by atoms with Crippen LogP contribution in [0.3, 0.4) is 0 Å². The van der Waals surface area contributed by atoms with Crippen LogP contribution in [0.4, 0.5) is 21.5 Å². The van der Waals surface area contributed by atoms with E-state index < -0.39 is 5.82 Å². The topological polar surface area (TPSA) is 50.9 Å². The van der Waals surface area contributed by atoms with E-state index in [9.17, 15) is 4.39 Å². The summed E-state index contributed by atoms with van der Waals surface area (Å²) in [5.41, 5.74) is 7.76. The van der Waals surface area contributed by atoms with Gasteiger partial charge in [-0.2, -0.15) is 0 Å². The van der Waals surface area contributed by atoms with Gasteiger partial charge >= 0.3 is 0 Å². The molecule has 0 fully saturated rings. The van der Waals surface area contributed by atoms with E-state index in [0.29, 0.717) is 22.3 Å². The molecule has 0 aliphatic heterocycles. The van der Waals surface area contributed by atoms with Crippen molar-refractivity contribution in [3.05, 3.63) is 57.4 Å². The van der Waals surface area contributed by atoms with Crippen molar-refractivity contribution >= 4 is 59.8 Å². The highest BCUT2D eigenvalue weighted by molar-refractivity contribution is 9.11. The van der Waals surface area contributed by atoms with Crippen LogP contribution in [0.2, 0.25) is 0 Å². The van der Waals surface area contributed by atoms with Gasteiger partial charge in [-0.15, -0.1) is 0 Å². The molecule has 0 bridgehead atoms. The Bertz CT molecular complexity index is 837. The molecule has 0 unspecified atom stereocenters. The van der Waals surface area contributed by atoms with Gasteiger partial charge in [0.25, 0.3) is 0 Å². The summed E-state index contributed by atoms with van der Waals surface area (Å²) in [4.78, 5) is 4.24. The number of nitrogens with two attached hydrogens (primary N) is 1. The van der Waals surface area contributed by atoms with Crippen molar-refractivity contribution in [2.45, 2.75) is 0 Å². The molecule has 0 spiro atoms. The van der Waals surface area contributed by atoms with Crippen LogP contribution in [0.15, 0.2) is 51.5 Å². The minimum absolute atomic E-state index is 0.304. The molecule has 0 atom stereocenters. The second-order valence-electron chi connectivity index (χ2n) is 4.47. The highest BCUT2D eigenvalue weighted by Crippen LogP contribution is 2.35. The predicted octanol–water partition coefficient (Wildman–Crippen LogP) is 5.22. The number of hydrogen-bond acceptors (Lipinski definition) is 3. The minimum atomic E-state index is -0.439. The molecule has 0 aliphatic carbocycles. The van der Waals surface area contributed by atoms with Crippen molar-refractivity contribution < 1.29 is 4.39 Å². The number of nitrogens with one attached hydrogen (secondary N) is 1. The van der Waals surface area contributed by atoms with Gasteiger partial charge in [0, 0.05) is 26.2 Å². The van der Waals surface area contributed by atoms with E-state index in [-0.39, 0.29) is 0 Å². The lowest BCUT2D eigenvalue weighted by molar-refractivity contribution is 0.634. The molecule has 0 saturated heterocycles. The number of aromatic nitrogens is 1. The second-order valence-corrected chi connectivity index (χ2v) is 6.24. The first-order valence-electron chi connectivity index (χ1n) is 6.11. The maximum Gasteiger partial charge on any atom is 0.150 e. The van der Waals surface area contributed by atoms with Crippen LogP contribution in [0, 0.1) is 5.82 Å². The van der Waals surface area contributed by atoms with Gasteiger partial charge < -0.3 is 11.1 Å². The normalized spacial score (nSPS) is 10.8. The van der Waals surface area contributed by atoms with Gasteiger partial charge in [-0.05, 0) is 52.3 Å². The molecule has 0 saturated carbocycles. The fraction of sp³-hybridized carbons (Fsp3) is 0. The quantitative estimate of drug-likeness (QED) is 0.569. The first-order valence-corrected chi connectivity index (χ1v) is 7.69. The summed E-state index contributed by atoms with van der Waals surface area (Å²) in [6.45, 7) is 0. The summed E-state index contributed by atoms with van der Waals surface area (Å²) >= 11 is 6.84. The fourth-order valence-corrected chi connectivity index (χ4v) is 2.79. The number of fused-ring (bicyclic) bond motifs is 1. The lowest BCUT2D eigenvalue weighted by Gasteiger charge is -2.13. The molecule has 1 heterocycles. The highest BCUT2D eigenvalue weighted by atomic mass is 79.9. The number of nitrogens with zero attached hydrogens (tertiary/aromatic N) is 1. The average molecular weight is 411 g/mol. The fourth-order valence-electron chi connectivity index (χ4n) is 2.08. The Morgan fingerprint density at radius 3 is 2.76 bits per heavy atom. The zero-order valence-corrected chi connectivity index (χ0v) is 13.9. The minimum Gasteiger partial charge on any atom is -0.398 e. The number of anilines is 3. The molecule has 21 heavy (non-hydrogen) atoms. The molecule has 0 amide bonds. The predicted molar refractivity (Wildman–Crippen MR) is 91.2 cm³/mol. The number of rotatable bonds is 2. The Balaban J connectivity index is 2.19. The first-order chi connectivity index (χ1) is 10.1. The molecule has 3 N–H and O–H groups in total. The van der Waals surface area contributed by atoms with Crippen molar-refractivity contribution in [2.24, 2.45) is 0 Å². The molecule has 3 nitrogen and oxygen atoms in total. The molecule has 3 aromatic rings. The molecule has 0 radical (unpaired) electrons. The SMILES string of the molecule is Nc1cc(F)c(Nc2cc(Br)ccc2Br)c2ncccc12. The van der Waals surface area contributed by atoms with E-state index in [1.807, 2.05) is 24.3 Å². The Hall–Kier alpha value is -1.66. The second kappa shape index (κ2) is 5.61. The molecule has 1 aromatic heterocycles. The lowest BCUT2D eigenvalue weighted by Crippen LogP contribution is -2.00. The summed E-state index contributed by atoms with van der Waals surface area (Å²) in [5, 5.41) is 3.80. The Morgan fingerprint density at radius 1 is 1.14 bits per heavy atom. The summed E-state index contributed by atoms with van der Waals surface area (Å²) in [7, 11) is 0.